The maximum absolute atomic E-state index is 4.74. The van der Waals surface area contributed by atoms with Crippen LogP contribution in [-0.4, -0.2) is 11.0 Å². The Morgan fingerprint density at radius 3 is 2.88 bits per heavy atom. The topological polar surface area (TPSA) is 24.9 Å². The number of nitrogens with one attached hydrogen (secondary N) is 1. The molecule has 0 atom stereocenters. The third-order valence-electron chi connectivity index (χ3n) is 3.00. The number of aryl methyl sites for hydroxylation is 2. The van der Waals surface area contributed by atoms with E-state index in [1.165, 1.54) is 21.7 Å². The highest BCUT2D eigenvalue weighted by Gasteiger charge is 2.20. The van der Waals surface area contributed by atoms with Crippen molar-refractivity contribution in [2.75, 3.05) is 5.32 Å². The maximum atomic E-state index is 4.74. The van der Waals surface area contributed by atoms with Gasteiger partial charge < -0.3 is 5.32 Å². The Hall–Kier alpha value is -1.35. The van der Waals surface area contributed by atoms with Crippen LogP contribution in [0.4, 0.5) is 5.13 Å². The first-order valence-electron chi connectivity index (χ1n) is 6.08. The van der Waals surface area contributed by atoms with E-state index in [4.69, 9.17) is 4.98 Å². The SMILES string of the molecule is CC(C)Nc1nc2c(s1)CCc1ccccc1-2. The van der Waals surface area contributed by atoms with Crippen LogP contribution < -0.4 is 5.32 Å². The average Bonchev–Trinajstić information content (AvgIpc) is 2.70. The molecule has 1 N–H and O–H groups in total. The normalized spacial score (nSPS) is 13.4. The second-order valence-corrected chi connectivity index (χ2v) is 5.83. The summed E-state index contributed by atoms with van der Waals surface area (Å²) in [5.74, 6) is 0. The Kier molecular flexibility index (Phi) is 2.63. The van der Waals surface area contributed by atoms with E-state index in [0.29, 0.717) is 6.04 Å². The van der Waals surface area contributed by atoms with Crippen molar-refractivity contribution in [1.82, 2.24) is 4.98 Å². The molecule has 17 heavy (non-hydrogen) atoms. The molecular formula is C14H16N2S. The molecule has 1 aliphatic rings. The summed E-state index contributed by atoms with van der Waals surface area (Å²) in [6.07, 6.45) is 2.27. The monoisotopic (exact) mass is 244 g/mol. The molecule has 0 spiro atoms. The lowest BCUT2D eigenvalue weighted by Gasteiger charge is -2.13. The number of benzene rings is 1. The molecular weight excluding hydrogens is 228 g/mol. The van der Waals surface area contributed by atoms with Gasteiger partial charge in [0.25, 0.3) is 0 Å². The largest absolute Gasteiger partial charge is 0.359 e. The van der Waals surface area contributed by atoms with E-state index in [1.54, 1.807) is 11.3 Å². The van der Waals surface area contributed by atoms with Crippen LogP contribution >= 0.6 is 11.3 Å². The van der Waals surface area contributed by atoms with Crippen LogP contribution in [0, 0.1) is 0 Å². The number of rotatable bonds is 2. The third-order valence-corrected chi connectivity index (χ3v) is 4.05. The number of fused-ring (bicyclic) bond motifs is 3. The lowest BCUT2D eigenvalue weighted by atomic mass is 9.94. The zero-order valence-electron chi connectivity index (χ0n) is 10.2. The number of nitrogens with zero attached hydrogens (tertiary/aromatic N) is 1. The molecule has 1 aliphatic carbocycles. The molecule has 1 heterocycles. The molecule has 0 fully saturated rings. The van der Waals surface area contributed by atoms with E-state index in [0.717, 1.165) is 18.0 Å². The van der Waals surface area contributed by atoms with Crippen molar-refractivity contribution < 1.29 is 0 Å². The highest BCUT2D eigenvalue weighted by atomic mass is 32.1. The Bertz CT molecular complexity index is 543. The van der Waals surface area contributed by atoms with Crippen molar-refractivity contribution in [2.45, 2.75) is 32.7 Å². The van der Waals surface area contributed by atoms with E-state index in [2.05, 4.69) is 43.4 Å². The van der Waals surface area contributed by atoms with E-state index in [1.807, 2.05) is 0 Å². The summed E-state index contributed by atoms with van der Waals surface area (Å²) in [6.45, 7) is 4.29. The Balaban J connectivity index is 2.04. The van der Waals surface area contributed by atoms with Gasteiger partial charge in [0, 0.05) is 16.5 Å². The minimum Gasteiger partial charge on any atom is -0.359 e. The van der Waals surface area contributed by atoms with Crippen molar-refractivity contribution in [3.63, 3.8) is 0 Å². The molecule has 0 amide bonds. The lowest BCUT2D eigenvalue weighted by molar-refractivity contribution is 0.896. The Morgan fingerprint density at radius 1 is 1.24 bits per heavy atom. The minimum absolute atomic E-state index is 0.442. The van der Waals surface area contributed by atoms with Gasteiger partial charge in [0.1, 0.15) is 0 Å². The van der Waals surface area contributed by atoms with Crippen LogP contribution in [0.3, 0.4) is 0 Å². The number of hydrogen-bond donors (Lipinski definition) is 1. The lowest BCUT2D eigenvalue weighted by Crippen LogP contribution is -2.09. The number of hydrogen-bond acceptors (Lipinski definition) is 3. The molecule has 0 unspecified atom stereocenters. The molecule has 1 aromatic carbocycles. The van der Waals surface area contributed by atoms with Crippen LogP contribution in [0.15, 0.2) is 24.3 Å². The zero-order chi connectivity index (χ0) is 11.8. The molecule has 88 valence electrons. The molecule has 0 radical (unpaired) electrons. The van der Waals surface area contributed by atoms with E-state index < -0.39 is 0 Å². The predicted molar refractivity (Wildman–Crippen MR) is 73.7 cm³/mol. The van der Waals surface area contributed by atoms with Gasteiger partial charge in [-0.25, -0.2) is 4.98 Å². The first-order valence-corrected chi connectivity index (χ1v) is 6.90. The Labute approximate surface area is 106 Å². The second kappa shape index (κ2) is 4.15. The first-order chi connectivity index (χ1) is 8.24. The first kappa shape index (κ1) is 10.8. The number of anilines is 1. The number of aromatic nitrogens is 1. The molecule has 3 rings (SSSR count). The van der Waals surface area contributed by atoms with Crippen molar-refractivity contribution in [3.05, 3.63) is 34.7 Å². The van der Waals surface area contributed by atoms with Gasteiger partial charge in [-0.2, -0.15) is 0 Å². The van der Waals surface area contributed by atoms with Crippen molar-refractivity contribution >= 4 is 16.5 Å². The zero-order valence-corrected chi connectivity index (χ0v) is 11.0. The van der Waals surface area contributed by atoms with Crippen LogP contribution in [0.25, 0.3) is 11.3 Å². The van der Waals surface area contributed by atoms with Crippen LogP contribution in [0.1, 0.15) is 24.3 Å². The quantitative estimate of drug-likeness (QED) is 0.870. The summed E-state index contributed by atoms with van der Waals surface area (Å²) in [6, 6.07) is 9.06. The molecule has 0 saturated heterocycles. The standard InChI is InChI=1S/C14H16N2S/c1-9(2)15-14-16-13-11-6-4-3-5-10(11)7-8-12(13)17-14/h3-6,9H,7-8H2,1-2H3,(H,15,16). The fourth-order valence-corrected chi connectivity index (χ4v) is 3.38. The van der Waals surface area contributed by atoms with Crippen LogP contribution in [0.5, 0.6) is 0 Å². The molecule has 2 nitrogen and oxygen atoms in total. The summed E-state index contributed by atoms with van der Waals surface area (Å²) in [4.78, 5) is 6.16. The summed E-state index contributed by atoms with van der Waals surface area (Å²) in [5.41, 5.74) is 3.95. The molecule has 0 saturated carbocycles. The van der Waals surface area contributed by atoms with Gasteiger partial charge in [-0.3, -0.25) is 0 Å². The van der Waals surface area contributed by atoms with Gasteiger partial charge in [0.05, 0.1) is 5.69 Å². The van der Waals surface area contributed by atoms with Crippen LogP contribution in [-0.2, 0) is 12.8 Å². The molecule has 0 aliphatic heterocycles. The van der Waals surface area contributed by atoms with Gasteiger partial charge in [-0.15, -0.1) is 11.3 Å². The number of thiazole rings is 1. The summed E-state index contributed by atoms with van der Waals surface area (Å²) >= 11 is 1.81. The fourth-order valence-electron chi connectivity index (χ4n) is 2.26. The molecule has 0 bridgehead atoms. The van der Waals surface area contributed by atoms with Crippen molar-refractivity contribution in [1.29, 1.82) is 0 Å². The minimum atomic E-state index is 0.442. The molecule has 1 aromatic heterocycles. The Morgan fingerprint density at radius 2 is 2.06 bits per heavy atom. The van der Waals surface area contributed by atoms with Gasteiger partial charge in [-0.1, -0.05) is 24.3 Å². The van der Waals surface area contributed by atoms with Crippen LogP contribution in [0.2, 0.25) is 0 Å². The van der Waals surface area contributed by atoms with Crippen molar-refractivity contribution in [2.24, 2.45) is 0 Å². The van der Waals surface area contributed by atoms with Crippen molar-refractivity contribution in [3.8, 4) is 11.3 Å². The second-order valence-electron chi connectivity index (χ2n) is 4.75. The molecule has 2 aromatic rings. The van der Waals surface area contributed by atoms with E-state index >= 15 is 0 Å². The predicted octanol–water partition coefficient (Wildman–Crippen LogP) is 3.73. The van der Waals surface area contributed by atoms with E-state index in [-0.39, 0.29) is 0 Å². The smallest absolute Gasteiger partial charge is 0.183 e. The summed E-state index contributed by atoms with van der Waals surface area (Å²) in [7, 11) is 0. The van der Waals surface area contributed by atoms with Gasteiger partial charge >= 0.3 is 0 Å². The maximum Gasteiger partial charge on any atom is 0.183 e. The summed E-state index contributed by atoms with van der Waals surface area (Å²) in [5, 5.41) is 4.46. The van der Waals surface area contributed by atoms with Gasteiger partial charge in [-0.05, 0) is 32.3 Å². The average molecular weight is 244 g/mol. The molecule has 3 heteroatoms. The van der Waals surface area contributed by atoms with Gasteiger partial charge in [0.15, 0.2) is 5.13 Å². The summed E-state index contributed by atoms with van der Waals surface area (Å²) < 4.78 is 0. The highest BCUT2D eigenvalue weighted by Crippen LogP contribution is 2.37. The van der Waals surface area contributed by atoms with Gasteiger partial charge in [0.2, 0.25) is 0 Å². The highest BCUT2D eigenvalue weighted by molar-refractivity contribution is 7.16. The third kappa shape index (κ3) is 1.95. The fraction of sp³-hybridized carbons (Fsp3) is 0.357. The van der Waals surface area contributed by atoms with E-state index in [9.17, 15) is 0 Å².